The molecule has 0 aliphatic carbocycles. The first-order chi connectivity index (χ1) is 8.31. The van der Waals surface area contributed by atoms with Crippen molar-refractivity contribution in [3.63, 3.8) is 0 Å². The molecule has 2 fully saturated rings. The highest BCUT2D eigenvalue weighted by atomic mass is 32.2. The molecule has 18 heavy (non-hydrogen) atoms. The standard InChI is InChI=1S/C13H19NO2SSi/c1-10-4-6-11(7-5-10)17(15,16)14-12-8-18(2,3)9-13(12)14/h4-7,12-13H,8-9H2,1-3H3. The zero-order chi connectivity index (χ0) is 13.1. The van der Waals surface area contributed by atoms with E-state index in [0.29, 0.717) is 17.0 Å². The number of sulfonamides is 1. The molecule has 5 heteroatoms. The number of rotatable bonds is 2. The van der Waals surface area contributed by atoms with Crippen LogP contribution in [0.2, 0.25) is 25.2 Å². The average Bonchev–Trinajstić information content (AvgIpc) is 2.80. The molecule has 3 rings (SSSR count). The van der Waals surface area contributed by atoms with Crippen LogP contribution in [0.5, 0.6) is 0 Å². The van der Waals surface area contributed by atoms with Gasteiger partial charge in [-0.1, -0.05) is 30.8 Å². The summed E-state index contributed by atoms with van der Waals surface area (Å²) in [7, 11) is -4.33. The fourth-order valence-electron chi connectivity index (χ4n) is 3.17. The Bertz CT molecular complexity index is 566. The van der Waals surface area contributed by atoms with Gasteiger partial charge in [0.25, 0.3) is 0 Å². The van der Waals surface area contributed by atoms with E-state index in [0.717, 1.165) is 17.7 Å². The summed E-state index contributed by atoms with van der Waals surface area (Å²) in [4.78, 5) is 0.446. The zero-order valence-electron chi connectivity index (χ0n) is 11.1. The average molecular weight is 281 g/mol. The Hall–Kier alpha value is -0.653. The van der Waals surface area contributed by atoms with Gasteiger partial charge in [0.15, 0.2) is 0 Å². The van der Waals surface area contributed by atoms with E-state index >= 15 is 0 Å². The summed E-state index contributed by atoms with van der Waals surface area (Å²) in [5, 5.41) is 0. The number of fused-ring (bicyclic) bond motifs is 1. The van der Waals surface area contributed by atoms with Crippen molar-refractivity contribution in [3.05, 3.63) is 29.8 Å². The number of hydrogen-bond donors (Lipinski definition) is 0. The molecule has 0 N–H and O–H groups in total. The third kappa shape index (κ3) is 1.85. The Morgan fingerprint density at radius 3 is 2.11 bits per heavy atom. The van der Waals surface area contributed by atoms with E-state index in [-0.39, 0.29) is 0 Å². The number of benzene rings is 1. The molecular formula is C13H19NO2SSi. The molecule has 1 aromatic rings. The van der Waals surface area contributed by atoms with Crippen LogP contribution in [-0.2, 0) is 10.0 Å². The van der Waals surface area contributed by atoms with E-state index in [1.807, 2.05) is 19.1 Å². The van der Waals surface area contributed by atoms with E-state index < -0.39 is 18.1 Å². The minimum absolute atomic E-state index is 0.304. The first-order valence-electron chi connectivity index (χ1n) is 6.41. The van der Waals surface area contributed by atoms with Gasteiger partial charge in [-0.05, 0) is 31.1 Å². The van der Waals surface area contributed by atoms with Gasteiger partial charge in [0, 0.05) is 12.1 Å². The van der Waals surface area contributed by atoms with Crippen molar-refractivity contribution < 1.29 is 8.42 Å². The molecule has 0 spiro atoms. The van der Waals surface area contributed by atoms with Gasteiger partial charge in [-0.2, -0.15) is 4.31 Å². The molecule has 0 aromatic heterocycles. The number of nitrogens with zero attached hydrogens (tertiary/aromatic N) is 1. The summed E-state index contributed by atoms with van der Waals surface area (Å²) >= 11 is 0. The Kier molecular flexibility index (Phi) is 2.53. The van der Waals surface area contributed by atoms with E-state index in [1.165, 1.54) is 0 Å². The summed E-state index contributed by atoms with van der Waals surface area (Å²) in [6.07, 6.45) is 0. The fourth-order valence-corrected chi connectivity index (χ4v) is 8.61. The lowest BCUT2D eigenvalue weighted by Crippen LogP contribution is -2.29. The molecule has 2 saturated heterocycles. The number of aryl methyl sites for hydroxylation is 1. The minimum atomic E-state index is -3.24. The van der Waals surface area contributed by atoms with Gasteiger partial charge in [-0.15, -0.1) is 0 Å². The summed E-state index contributed by atoms with van der Waals surface area (Å²) in [6, 6.07) is 10.0. The van der Waals surface area contributed by atoms with Gasteiger partial charge in [0.05, 0.1) is 13.0 Å². The highest BCUT2D eigenvalue weighted by Gasteiger charge is 2.62. The maximum absolute atomic E-state index is 12.5. The largest absolute Gasteiger partial charge is 0.243 e. The van der Waals surface area contributed by atoms with Crippen molar-refractivity contribution in [3.8, 4) is 0 Å². The van der Waals surface area contributed by atoms with Crippen molar-refractivity contribution >= 4 is 18.1 Å². The van der Waals surface area contributed by atoms with E-state index in [1.54, 1.807) is 16.4 Å². The molecule has 2 atom stereocenters. The normalized spacial score (nSPS) is 33.2. The van der Waals surface area contributed by atoms with Gasteiger partial charge in [-0.25, -0.2) is 8.42 Å². The van der Waals surface area contributed by atoms with Crippen LogP contribution in [0.15, 0.2) is 29.2 Å². The van der Waals surface area contributed by atoms with E-state index in [2.05, 4.69) is 13.1 Å². The Morgan fingerprint density at radius 1 is 1.11 bits per heavy atom. The summed E-state index contributed by atoms with van der Waals surface area (Å²) < 4.78 is 26.7. The Balaban J connectivity index is 1.85. The predicted molar refractivity (Wildman–Crippen MR) is 74.9 cm³/mol. The predicted octanol–water partition coefficient (Wildman–Crippen LogP) is 2.46. The molecule has 2 aliphatic rings. The SMILES string of the molecule is Cc1ccc(S(=O)(=O)N2C3C[Si](C)(C)CC32)cc1. The van der Waals surface area contributed by atoms with Gasteiger partial charge >= 0.3 is 0 Å². The van der Waals surface area contributed by atoms with Gasteiger partial charge in [-0.3, -0.25) is 0 Å². The lowest BCUT2D eigenvalue weighted by Gasteiger charge is -2.20. The topological polar surface area (TPSA) is 37.1 Å². The first kappa shape index (κ1) is 12.4. The Labute approximate surface area is 110 Å². The van der Waals surface area contributed by atoms with Gasteiger partial charge < -0.3 is 0 Å². The molecule has 0 bridgehead atoms. The van der Waals surface area contributed by atoms with Crippen LogP contribution in [0, 0.1) is 6.92 Å². The van der Waals surface area contributed by atoms with Crippen LogP contribution in [0.3, 0.4) is 0 Å². The monoisotopic (exact) mass is 281 g/mol. The van der Waals surface area contributed by atoms with Crippen LogP contribution < -0.4 is 0 Å². The molecule has 0 saturated carbocycles. The fraction of sp³-hybridized carbons (Fsp3) is 0.538. The molecule has 98 valence electrons. The highest BCUT2D eigenvalue weighted by Crippen LogP contribution is 2.51. The van der Waals surface area contributed by atoms with Crippen molar-refractivity contribution in [1.29, 1.82) is 0 Å². The van der Waals surface area contributed by atoms with Crippen molar-refractivity contribution in [2.45, 2.75) is 49.1 Å². The van der Waals surface area contributed by atoms with Crippen molar-refractivity contribution in [2.24, 2.45) is 0 Å². The maximum Gasteiger partial charge on any atom is 0.243 e. The highest BCUT2D eigenvalue weighted by molar-refractivity contribution is 7.89. The summed E-state index contributed by atoms with van der Waals surface area (Å²) in [5.41, 5.74) is 1.09. The van der Waals surface area contributed by atoms with Crippen LogP contribution in [0.25, 0.3) is 0 Å². The molecule has 2 aliphatic heterocycles. The molecule has 2 heterocycles. The second-order valence-corrected chi connectivity index (χ2v) is 13.3. The van der Waals surface area contributed by atoms with E-state index in [4.69, 9.17) is 0 Å². The summed E-state index contributed by atoms with van der Waals surface area (Å²) in [6.45, 7) is 6.68. The van der Waals surface area contributed by atoms with Crippen LogP contribution >= 0.6 is 0 Å². The third-order valence-corrected chi connectivity index (χ3v) is 9.14. The Morgan fingerprint density at radius 2 is 1.61 bits per heavy atom. The number of hydrogen-bond acceptors (Lipinski definition) is 2. The molecule has 0 radical (unpaired) electrons. The first-order valence-corrected chi connectivity index (χ1v) is 11.3. The zero-order valence-corrected chi connectivity index (χ0v) is 12.9. The molecule has 2 unspecified atom stereocenters. The van der Waals surface area contributed by atoms with Gasteiger partial charge in [0.1, 0.15) is 0 Å². The lowest BCUT2D eigenvalue weighted by atomic mass is 10.2. The second kappa shape index (κ2) is 3.68. The van der Waals surface area contributed by atoms with E-state index in [9.17, 15) is 8.42 Å². The molecular weight excluding hydrogens is 262 g/mol. The quantitative estimate of drug-likeness (QED) is 0.617. The van der Waals surface area contributed by atoms with Crippen LogP contribution in [0.1, 0.15) is 5.56 Å². The maximum atomic E-state index is 12.5. The summed E-state index contributed by atoms with van der Waals surface area (Å²) in [5.74, 6) is 0. The molecule has 1 aromatic carbocycles. The third-order valence-electron chi connectivity index (χ3n) is 4.13. The molecule has 0 amide bonds. The van der Waals surface area contributed by atoms with Crippen molar-refractivity contribution in [2.75, 3.05) is 0 Å². The van der Waals surface area contributed by atoms with Crippen molar-refractivity contribution in [1.82, 2.24) is 4.31 Å². The van der Waals surface area contributed by atoms with Gasteiger partial charge in [0.2, 0.25) is 10.0 Å². The lowest BCUT2D eigenvalue weighted by molar-refractivity contribution is 0.546. The minimum Gasteiger partial charge on any atom is -0.207 e. The second-order valence-electron chi connectivity index (χ2n) is 6.36. The van der Waals surface area contributed by atoms with Crippen LogP contribution in [-0.4, -0.2) is 32.9 Å². The van der Waals surface area contributed by atoms with Crippen LogP contribution in [0.4, 0.5) is 0 Å². The molecule has 3 nitrogen and oxygen atoms in total. The smallest absolute Gasteiger partial charge is 0.207 e.